The van der Waals surface area contributed by atoms with Gasteiger partial charge in [0.15, 0.2) is 0 Å². The quantitative estimate of drug-likeness (QED) is 0.904. The molecule has 0 aliphatic carbocycles. The van der Waals surface area contributed by atoms with E-state index in [0.29, 0.717) is 5.92 Å². The van der Waals surface area contributed by atoms with E-state index in [0.717, 1.165) is 37.0 Å². The summed E-state index contributed by atoms with van der Waals surface area (Å²) in [6.07, 6.45) is 3.61. The first-order chi connectivity index (χ1) is 9.83. The van der Waals surface area contributed by atoms with Gasteiger partial charge in [-0.05, 0) is 73.3 Å². The van der Waals surface area contributed by atoms with E-state index in [9.17, 15) is 4.79 Å². The van der Waals surface area contributed by atoms with Crippen LogP contribution in [0.3, 0.4) is 0 Å². The van der Waals surface area contributed by atoms with Crippen molar-refractivity contribution in [2.75, 3.05) is 19.6 Å². The Balaban J connectivity index is 0.00000161. The van der Waals surface area contributed by atoms with E-state index >= 15 is 0 Å². The van der Waals surface area contributed by atoms with E-state index in [-0.39, 0.29) is 18.3 Å². The Morgan fingerprint density at radius 1 is 1.38 bits per heavy atom. The number of nitrogens with one attached hydrogen (secondary N) is 2. The van der Waals surface area contributed by atoms with Crippen LogP contribution in [0.2, 0.25) is 0 Å². The van der Waals surface area contributed by atoms with Gasteiger partial charge in [0.2, 0.25) is 0 Å². The molecule has 114 valence electrons. The minimum absolute atomic E-state index is 0. The fourth-order valence-corrected chi connectivity index (χ4v) is 3.54. The van der Waals surface area contributed by atoms with Crippen LogP contribution < -0.4 is 10.6 Å². The van der Waals surface area contributed by atoms with E-state index in [1.165, 1.54) is 17.5 Å². The highest BCUT2D eigenvalue weighted by Crippen LogP contribution is 2.21. The highest BCUT2D eigenvalue weighted by Gasteiger charge is 2.13. The van der Waals surface area contributed by atoms with Crippen molar-refractivity contribution in [2.24, 2.45) is 5.92 Å². The number of piperidine rings is 1. The van der Waals surface area contributed by atoms with Gasteiger partial charge in [-0.25, -0.2) is 0 Å². The number of hydrogen-bond donors (Lipinski definition) is 2. The molecular formula is C16H21ClN2OS. The number of halogens is 1. The molecule has 3 nitrogen and oxygen atoms in total. The number of rotatable bonds is 4. The maximum absolute atomic E-state index is 12.1. The highest BCUT2D eigenvalue weighted by molar-refractivity contribution is 7.17. The summed E-state index contributed by atoms with van der Waals surface area (Å²) in [5, 5.41) is 9.66. The molecule has 1 aromatic heterocycles. The molecule has 5 heteroatoms. The predicted octanol–water partition coefficient (Wildman–Crippen LogP) is 3.44. The van der Waals surface area contributed by atoms with E-state index in [1.807, 2.05) is 18.2 Å². The molecule has 1 saturated heterocycles. The largest absolute Gasteiger partial charge is 0.352 e. The molecule has 0 spiro atoms. The van der Waals surface area contributed by atoms with Crippen molar-refractivity contribution in [1.29, 1.82) is 0 Å². The van der Waals surface area contributed by atoms with Crippen LogP contribution in [0.1, 0.15) is 29.6 Å². The molecule has 2 aromatic rings. The van der Waals surface area contributed by atoms with Gasteiger partial charge >= 0.3 is 0 Å². The van der Waals surface area contributed by atoms with Crippen molar-refractivity contribution in [3.05, 3.63) is 35.2 Å². The fourth-order valence-electron chi connectivity index (χ4n) is 2.77. The molecule has 1 atom stereocenters. The fraction of sp³-hybridized carbons (Fsp3) is 0.438. The zero-order chi connectivity index (χ0) is 13.8. The first-order valence-electron chi connectivity index (χ1n) is 7.29. The third-order valence-electron chi connectivity index (χ3n) is 3.95. The van der Waals surface area contributed by atoms with Crippen LogP contribution in [0.15, 0.2) is 29.6 Å². The summed E-state index contributed by atoms with van der Waals surface area (Å²) in [5.74, 6) is 0.755. The summed E-state index contributed by atoms with van der Waals surface area (Å²) < 4.78 is 1.23. The lowest BCUT2D eigenvalue weighted by molar-refractivity contribution is 0.0951. The zero-order valence-electron chi connectivity index (χ0n) is 11.9. The molecule has 1 aromatic carbocycles. The summed E-state index contributed by atoms with van der Waals surface area (Å²) in [6, 6.07) is 7.98. The average molecular weight is 325 g/mol. The first-order valence-corrected chi connectivity index (χ1v) is 8.17. The van der Waals surface area contributed by atoms with E-state index < -0.39 is 0 Å². The third-order valence-corrected chi connectivity index (χ3v) is 4.85. The lowest BCUT2D eigenvalue weighted by Crippen LogP contribution is -2.33. The van der Waals surface area contributed by atoms with Gasteiger partial charge in [0.25, 0.3) is 5.91 Å². The van der Waals surface area contributed by atoms with Gasteiger partial charge in [0.05, 0.1) is 0 Å². The molecule has 1 fully saturated rings. The van der Waals surface area contributed by atoms with Gasteiger partial charge in [-0.15, -0.1) is 23.7 Å². The Bertz CT molecular complexity index is 593. The molecule has 0 saturated carbocycles. The van der Waals surface area contributed by atoms with Crippen molar-refractivity contribution in [3.8, 4) is 0 Å². The molecule has 2 N–H and O–H groups in total. The monoisotopic (exact) mass is 324 g/mol. The van der Waals surface area contributed by atoms with Crippen LogP contribution in [0.4, 0.5) is 0 Å². The smallest absolute Gasteiger partial charge is 0.251 e. The van der Waals surface area contributed by atoms with Crippen molar-refractivity contribution in [1.82, 2.24) is 10.6 Å². The van der Waals surface area contributed by atoms with Gasteiger partial charge < -0.3 is 10.6 Å². The Morgan fingerprint density at radius 2 is 2.29 bits per heavy atom. The topological polar surface area (TPSA) is 41.1 Å². The van der Waals surface area contributed by atoms with Crippen LogP contribution in [0, 0.1) is 5.92 Å². The molecule has 1 aliphatic rings. The molecule has 1 unspecified atom stereocenters. The van der Waals surface area contributed by atoms with Crippen molar-refractivity contribution in [3.63, 3.8) is 0 Å². The number of thiophene rings is 1. The number of hydrogen-bond acceptors (Lipinski definition) is 3. The second-order valence-electron chi connectivity index (χ2n) is 5.43. The maximum atomic E-state index is 12.1. The molecular weight excluding hydrogens is 304 g/mol. The highest BCUT2D eigenvalue weighted by atomic mass is 35.5. The van der Waals surface area contributed by atoms with Crippen molar-refractivity contribution in [2.45, 2.75) is 19.3 Å². The summed E-state index contributed by atoms with van der Waals surface area (Å²) >= 11 is 1.71. The standard InChI is InChI=1S/C16H20N2OS.ClH/c19-16(18-8-5-12-2-1-7-17-11-12)14-3-4-15-13(10-14)6-9-20-15;/h3-4,6,9-10,12,17H,1-2,5,7-8,11H2,(H,18,19);1H. The number of amides is 1. The Kier molecular flexibility index (Phi) is 6.03. The van der Waals surface area contributed by atoms with Crippen molar-refractivity contribution < 1.29 is 4.79 Å². The predicted molar refractivity (Wildman–Crippen MR) is 91.6 cm³/mol. The van der Waals surface area contributed by atoms with Gasteiger partial charge in [0, 0.05) is 16.8 Å². The molecule has 3 rings (SSSR count). The molecule has 0 radical (unpaired) electrons. The summed E-state index contributed by atoms with van der Waals surface area (Å²) in [5.41, 5.74) is 0.762. The Morgan fingerprint density at radius 3 is 3.10 bits per heavy atom. The van der Waals surface area contributed by atoms with Crippen LogP contribution >= 0.6 is 23.7 Å². The number of carbonyl (C=O) groups is 1. The molecule has 1 amide bonds. The number of carbonyl (C=O) groups excluding carboxylic acids is 1. The molecule has 21 heavy (non-hydrogen) atoms. The average Bonchev–Trinajstić information content (AvgIpc) is 2.95. The summed E-state index contributed by atoms with van der Waals surface area (Å²) in [4.78, 5) is 12.1. The van der Waals surface area contributed by atoms with Crippen LogP contribution in [-0.4, -0.2) is 25.5 Å². The van der Waals surface area contributed by atoms with E-state index in [4.69, 9.17) is 0 Å². The van der Waals surface area contributed by atoms with E-state index in [1.54, 1.807) is 11.3 Å². The summed E-state index contributed by atoms with van der Waals surface area (Å²) in [6.45, 7) is 3.01. The van der Waals surface area contributed by atoms with Gasteiger partial charge in [-0.2, -0.15) is 0 Å². The second-order valence-corrected chi connectivity index (χ2v) is 6.38. The minimum atomic E-state index is 0. The normalized spacial score (nSPS) is 18.2. The maximum Gasteiger partial charge on any atom is 0.251 e. The third kappa shape index (κ3) is 4.19. The molecule has 1 aliphatic heterocycles. The SMILES string of the molecule is Cl.O=C(NCCC1CCCNC1)c1ccc2sccc2c1. The lowest BCUT2D eigenvalue weighted by atomic mass is 9.96. The van der Waals surface area contributed by atoms with Crippen LogP contribution in [0.5, 0.6) is 0 Å². The van der Waals surface area contributed by atoms with Gasteiger partial charge in [-0.3, -0.25) is 4.79 Å². The minimum Gasteiger partial charge on any atom is -0.352 e. The summed E-state index contributed by atoms with van der Waals surface area (Å²) in [7, 11) is 0. The van der Waals surface area contributed by atoms with Gasteiger partial charge in [0.1, 0.15) is 0 Å². The lowest BCUT2D eigenvalue weighted by Gasteiger charge is -2.22. The van der Waals surface area contributed by atoms with E-state index in [2.05, 4.69) is 22.1 Å². The molecule has 0 bridgehead atoms. The molecule has 2 heterocycles. The second kappa shape index (κ2) is 7.78. The van der Waals surface area contributed by atoms with Crippen LogP contribution in [-0.2, 0) is 0 Å². The first kappa shape index (κ1) is 16.3. The van der Waals surface area contributed by atoms with Crippen molar-refractivity contribution >= 4 is 39.7 Å². The number of benzene rings is 1. The van der Waals surface area contributed by atoms with Gasteiger partial charge in [-0.1, -0.05) is 0 Å². The Labute approximate surface area is 135 Å². The number of fused-ring (bicyclic) bond motifs is 1. The Hall–Kier alpha value is -1.10. The van der Waals surface area contributed by atoms with Crippen LogP contribution in [0.25, 0.3) is 10.1 Å². The zero-order valence-corrected chi connectivity index (χ0v) is 13.6.